The molecule has 1 aliphatic carbocycles. The minimum atomic E-state index is -0.485. The molecular weight excluding hydrogens is 396 g/mol. The van der Waals surface area contributed by atoms with E-state index in [4.69, 9.17) is 5.73 Å². The molecule has 160 valence electrons. The smallest absolute Gasteiger partial charge is 0.317 e. The van der Waals surface area contributed by atoms with Crippen molar-refractivity contribution >= 4 is 23.8 Å². The van der Waals surface area contributed by atoms with E-state index in [9.17, 15) is 19.2 Å². The number of nitrogens with two attached hydrogens (primary N) is 1. The van der Waals surface area contributed by atoms with Crippen molar-refractivity contribution in [1.82, 2.24) is 15.1 Å². The average molecular weight is 420 g/mol. The molecule has 2 aromatic rings. The molecule has 0 radical (unpaired) electrons. The zero-order valence-electron chi connectivity index (χ0n) is 17.0. The van der Waals surface area contributed by atoms with Crippen LogP contribution < -0.4 is 11.1 Å². The monoisotopic (exact) mass is 420 g/mol. The molecule has 8 nitrogen and oxygen atoms in total. The van der Waals surface area contributed by atoms with Gasteiger partial charge >= 0.3 is 6.03 Å². The summed E-state index contributed by atoms with van der Waals surface area (Å²) in [6, 6.07) is 13.7. The first-order valence-electron chi connectivity index (χ1n) is 10.3. The number of carbonyl (C=O) groups excluding carboxylic acids is 4. The number of carbonyl (C=O) groups is 4. The van der Waals surface area contributed by atoms with Crippen LogP contribution in [0.15, 0.2) is 48.5 Å². The van der Waals surface area contributed by atoms with Crippen molar-refractivity contribution in [2.24, 2.45) is 5.73 Å². The van der Waals surface area contributed by atoms with Crippen molar-refractivity contribution < 1.29 is 19.2 Å². The highest BCUT2D eigenvalue weighted by Gasteiger charge is 2.35. The van der Waals surface area contributed by atoms with E-state index < -0.39 is 5.91 Å². The molecule has 8 heteroatoms. The van der Waals surface area contributed by atoms with E-state index in [1.54, 1.807) is 53.4 Å². The van der Waals surface area contributed by atoms with Gasteiger partial charge in [0.15, 0.2) is 0 Å². The van der Waals surface area contributed by atoms with E-state index in [1.165, 1.54) is 4.90 Å². The number of hydrogen-bond donors (Lipinski definition) is 2. The first-order chi connectivity index (χ1) is 15.0. The number of nitrogens with zero attached hydrogens (tertiary/aromatic N) is 2. The van der Waals surface area contributed by atoms with Crippen molar-refractivity contribution in [2.45, 2.75) is 31.8 Å². The minimum Gasteiger partial charge on any atom is -0.366 e. The van der Waals surface area contributed by atoms with Crippen LogP contribution in [0, 0.1) is 0 Å². The fourth-order valence-electron chi connectivity index (χ4n) is 3.70. The normalized spacial score (nSPS) is 15.0. The highest BCUT2D eigenvalue weighted by atomic mass is 16.2. The zero-order chi connectivity index (χ0) is 22.0. The van der Waals surface area contributed by atoms with Gasteiger partial charge < -0.3 is 16.0 Å². The third kappa shape index (κ3) is 4.42. The van der Waals surface area contributed by atoms with Gasteiger partial charge in [-0.25, -0.2) is 4.79 Å². The van der Waals surface area contributed by atoms with Crippen LogP contribution in [-0.4, -0.2) is 52.7 Å². The number of rotatable bonds is 8. The largest absolute Gasteiger partial charge is 0.366 e. The summed E-state index contributed by atoms with van der Waals surface area (Å²) in [6.45, 7) is 1.05. The van der Waals surface area contributed by atoms with Crippen LogP contribution in [-0.2, 0) is 6.54 Å². The van der Waals surface area contributed by atoms with Gasteiger partial charge in [0.05, 0.1) is 11.1 Å². The number of nitrogens with one attached hydrogen (secondary N) is 1. The van der Waals surface area contributed by atoms with Crippen molar-refractivity contribution in [3.63, 3.8) is 0 Å². The summed E-state index contributed by atoms with van der Waals surface area (Å²) in [6.07, 6.45) is 2.40. The molecule has 0 spiro atoms. The summed E-state index contributed by atoms with van der Waals surface area (Å²) >= 11 is 0. The Labute approximate surface area is 180 Å². The molecule has 2 aromatic carbocycles. The molecule has 5 amide bonds. The summed E-state index contributed by atoms with van der Waals surface area (Å²) in [5.74, 6) is -1.06. The van der Waals surface area contributed by atoms with Gasteiger partial charge in [-0.05, 0) is 49.1 Å². The van der Waals surface area contributed by atoms with Gasteiger partial charge in [0.1, 0.15) is 0 Å². The number of fused-ring (bicyclic) bond motifs is 1. The van der Waals surface area contributed by atoms with Crippen molar-refractivity contribution in [3.05, 3.63) is 70.8 Å². The van der Waals surface area contributed by atoms with Gasteiger partial charge in [-0.2, -0.15) is 0 Å². The lowest BCUT2D eigenvalue weighted by Crippen LogP contribution is -2.42. The molecule has 2 aliphatic rings. The lowest BCUT2D eigenvalue weighted by atomic mass is 10.1. The van der Waals surface area contributed by atoms with Crippen LogP contribution in [0.2, 0.25) is 0 Å². The molecule has 0 aromatic heterocycles. The number of imide groups is 1. The zero-order valence-corrected chi connectivity index (χ0v) is 17.0. The molecular formula is C23H24N4O4. The Bertz CT molecular complexity index is 995. The van der Waals surface area contributed by atoms with E-state index in [0.29, 0.717) is 36.2 Å². The second kappa shape index (κ2) is 8.59. The predicted octanol–water partition coefficient (Wildman–Crippen LogP) is 2.15. The highest BCUT2D eigenvalue weighted by Crippen LogP contribution is 2.28. The van der Waals surface area contributed by atoms with Gasteiger partial charge in [0, 0.05) is 31.2 Å². The summed E-state index contributed by atoms with van der Waals surface area (Å²) < 4.78 is 0. The van der Waals surface area contributed by atoms with Gasteiger partial charge in [-0.3, -0.25) is 19.3 Å². The molecule has 1 fully saturated rings. The van der Waals surface area contributed by atoms with Crippen LogP contribution >= 0.6 is 0 Å². The average Bonchev–Trinajstić information content (AvgIpc) is 3.58. The van der Waals surface area contributed by atoms with E-state index in [1.807, 2.05) is 0 Å². The summed E-state index contributed by atoms with van der Waals surface area (Å²) in [4.78, 5) is 51.7. The number of primary amides is 1. The van der Waals surface area contributed by atoms with Gasteiger partial charge in [0.2, 0.25) is 5.91 Å². The maximum Gasteiger partial charge on any atom is 0.317 e. The van der Waals surface area contributed by atoms with Gasteiger partial charge in [-0.15, -0.1) is 0 Å². The number of urea groups is 1. The Morgan fingerprint density at radius 2 is 1.61 bits per heavy atom. The van der Waals surface area contributed by atoms with Gasteiger partial charge in [-0.1, -0.05) is 24.3 Å². The van der Waals surface area contributed by atoms with Gasteiger partial charge in [0.25, 0.3) is 11.8 Å². The fraction of sp³-hybridized carbons (Fsp3) is 0.304. The topological polar surface area (TPSA) is 113 Å². The summed E-state index contributed by atoms with van der Waals surface area (Å²) in [7, 11) is 0. The second-order valence-corrected chi connectivity index (χ2v) is 7.81. The number of amides is 5. The Morgan fingerprint density at radius 1 is 1.00 bits per heavy atom. The highest BCUT2D eigenvalue weighted by molar-refractivity contribution is 6.21. The maximum atomic E-state index is 12.7. The quantitative estimate of drug-likeness (QED) is 0.503. The standard InChI is InChI=1S/C23H24N4O4/c24-20(28)16-8-6-15(7-9-16)14-27(17-10-11-17)23(31)25-12-3-13-26-21(29)18-4-1-2-5-19(18)22(26)30/h1-2,4-9,17H,3,10-14H2,(H2,24,28)(H,25,31). The third-order valence-electron chi connectivity index (χ3n) is 5.55. The van der Waals surface area contributed by atoms with E-state index in [2.05, 4.69) is 5.32 Å². The first-order valence-corrected chi connectivity index (χ1v) is 10.3. The van der Waals surface area contributed by atoms with Crippen molar-refractivity contribution in [3.8, 4) is 0 Å². The van der Waals surface area contributed by atoms with Crippen LogP contribution in [0.4, 0.5) is 4.79 Å². The Kier molecular flexibility index (Phi) is 5.70. The number of hydrogen-bond acceptors (Lipinski definition) is 4. The Morgan fingerprint density at radius 3 is 2.16 bits per heavy atom. The second-order valence-electron chi connectivity index (χ2n) is 7.81. The van der Waals surface area contributed by atoms with Crippen molar-refractivity contribution in [1.29, 1.82) is 0 Å². The SMILES string of the molecule is NC(=O)c1ccc(CN(C(=O)NCCCN2C(=O)c3ccccc3C2=O)C2CC2)cc1. The number of benzene rings is 2. The molecule has 0 saturated heterocycles. The Hall–Kier alpha value is -3.68. The molecule has 0 atom stereocenters. The molecule has 3 N–H and O–H groups in total. The molecule has 0 unspecified atom stereocenters. The minimum absolute atomic E-state index is 0.177. The lowest BCUT2D eigenvalue weighted by Gasteiger charge is -2.23. The molecule has 0 bridgehead atoms. The third-order valence-corrected chi connectivity index (χ3v) is 5.55. The Balaban J connectivity index is 1.28. The van der Waals surface area contributed by atoms with E-state index in [-0.39, 0.29) is 30.4 Å². The maximum absolute atomic E-state index is 12.7. The molecule has 4 rings (SSSR count). The van der Waals surface area contributed by atoms with Crippen LogP contribution in [0.3, 0.4) is 0 Å². The van der Waals surface area contributed by atoms with Crippen LogP contribution in [0.5, 0.6) is 0 Å². The molecule has 31 heavy (non-hydrogen) atoms. The lowest BCUT2D eigenvalue weighted by molar-refractivity contribution is 0.0652. The fourth-order valence-corrected chi connectivity index (χ4v) is 3.70. The molecule has 1 heterocycles. The molecule has 1 aliphatic heterocycles. The summed E-state index contributed by atoms with van der Waals surface area (Å²) in [5.41, 5.74) is 7.47. The van der Waals surface area contributed by atoms with E-state index >= 15 is 0 Å². The predicted molar refractivity (Wildman–Crippen MR) is 113 cm³/mol. The van der Waals surface area contributed by atoms with Crippen LogP contribution in [0.25, 0.3) is 0 Å². The van der Waals surface area contributed by atoms with Crippen molar-refractivity contribution in [2.75, 3.05) is 13.1 Å². The summed E-state index contributed by atoms with van der Waals surface area (Å²) in [5, 5.41) is 2.89. The molecule has 1 saturated carbocycles. The van der Waals surface area contributed by atoms with E-state index in [0.717, 1.165) is 18.4 Å². The first kappa shape index (κ1) is 20.6. The van der Waals surface area contributed by atoms with Crippen LogP contribution in [0.1, 0.15) is 55.9 Å².